The summed E-state index contributed by atoms with van der Waals surface area (Å²) in [7, 11) is -3.71. The van der Waals surface area contributed by atoms with Crippen molar-refractivity contribution in [1.82, 2.24) is 0 Å². The topological polar surface area (TPSA) is 107 Å². The van der Waals surface area contributed by atoms with Crippen LogP contribution in [0.25, 0.3) is 0 Å². The zero-order valence-corrected chi connectivity index (χ0v) is 11.1. The van der Waals surface area contributed by atoms with Gasteiger partial charge >= 0.3 is 5.97 Å². The summed E-state index contributed by atoms with van der Waals surface area (Å²) in [5.41, 5.74) is 1.15. The van der Waals surface area contributed by atoms with Gasteiger partial charge in [-0.2, -0.15) is 5.26 Å². The molecule has 102 valence electrons. The minimum atomic E-state index is -3.71. The molecule has 1 atom stereocenters. The van der Waals surface area contributed by atoms with Crippen molar-refractivity contribution in [2.75, 3.05) is 4.72 Å². The van der Waals surface area contributed by atoms with Gasteiger partial charge in [-0.3, -0.25) is 9.52 Å². The molecule has 1 aromatic carbocycles. The van der Waals surface area contributed by atoms with E-state index in [9.17, 15) is 13.2 Å². The highest BCUT2D eigenvalue weighted by Crippen LogP contribution is 2.14. The summed E-state index contributed by atoms with van der Waals surface area (Å²) in [6.45, 7) is 1.30. The molecule has 0 saturated heterocycles. The van der Waals surface area contributed by atoms with Crippen molar-refractivity contribution in [3.63, 3.8) is 0 Å². The van der Waals surface area contributed by atoms with Gasteiger partial charge in [0, 0.05) is 12.1 Å². The van der Waals surface area contributed by atoms with E-state index in [4.69, 9.17) is 10.4 Å². The molecule has 0 aliphatic rings. The molecule has 0 heterocycles. The second-order valence-electron chi connectivity index (χ2n) is 4.01. The standard InChI is InChI=1S/C12H14N2O4S/c1-9(8-13)19(17,18)14-11-5-2-10(3-6-11)4-7-12(15)16/h2-3,5-6,9,14H,4,7H2,1H3,(H,15,16). The van der Waals surface area contributed by atoms with Crippen LogP contribution >= 0.6 is 0 Å². The number of aryl methyl sites for hydroxylation is 1. The predicted octanol–water partition coefficient (Wildman–Crippen LogP) is 1.36. The lowest BCUT2D eigenvalue weighted by atomic mass is 10.1. The van der Waals surface area contributed by atoms with Crippen molar-refractivity contribution >= 4 is 21.7 Å². The van der Waals surface area contributed by atoms with Gasteiger partial charge in [-0.1, -0.05) is 12.1 Å². The number of nitriles is 1. The van der Waals surface area contributed by atoms with Crippen molar-refractivity contribution in [3.05, 3.63) is 29.8 Å². The van der Waals surface area contributed by atoms with E-state index in [1.54, 1.807) is 30.3 Å². The highest BCUT2D eigenvalue weighted by atomic mass is 32.2. The molecule has 7 heteroatoms. The van der Waals surface area contributed by atoms with Crippen molar-refractivity contribution in [1.29, 1.82) is 5.26 Å². The maximum atomic E-state index is 11.6. The fourth-order valence-electron chi connectivity index (χ4n) is 1.31. The molecule has 0 spiro atoms. The largest absolute Gasteiger partial charge is 0.481 e. The van der Waals surface area contributed by atoms with Gasteiger partial charge in [0.2, 0.25) is 10.0 Å². The molecule has 1 aromatic rings. The Kier molecular flexibility index (Phi) is 4.89. The number of nitrogens with zero attached hydrogens (tertiary/aromatic N) is 1. The summed E-state index contributed by atoms with van der Waals surface area (Å²) < 4.78 is 25.5. The second kappa shape index (κ2) is 6.20. The summed E-state index contributed by atoms with van der Waals surface area (Å²) in [5.74, 6) is -0.882. The summed E-state index contributed by atoms with van der Waals surface area (Å²) in [5, 5.41) is 16.0. The molecule has 0 bridgehead atoms. The molecular weight excluding hydrogens is 268 g/mol. The average Bonchev–Trinajstić information content (AvgIpc) is 2.36. The number of hydrogen-bond acceptors (Lipinski definition) is 4. The van der Waals surface area contributed by atoms with E-state index < -0.39 is 21.2 Å². The highest BCUT2D eigenvalue weighted by Gasteiger charge is 2.19. The predicted molar refractivity (Wildman–Crippen MR) is 70.0 cm³/mol. The molecular formula is C12H14N2O4S. The molecule has 19 heavy (non-hydrogen) atoms. The highest BCUT2D eigenvalue weighted by molar-refractivity contribution is 7.93. The number of carboxylic acid groups (broad SMARTS) is 1. The Bertz CT molecular complexity index is 587. The lowest BCUT2D eigenvalue weighted by Crippen LogP contribution is -2.23. The summed E-state index contributed by atoms with van der Waals surface area (Å²) in [4.78, 5) is 10.4. The van der Waals surface area contributed by atoms with Gasteiger partial charge in [0.05, 0.1) is 6.07 Å². The van der Waals surface area contributed by atoms with Crippen molar-refractivity contribution in [2.45, 2.75) is 25.0 Å². The maximum absolute atomic E-state index is 11.6. The Morgan fingerprint density at radius 2 is 2.00 bits per heavy atom. The Labute approximate surface area is 111 Å². The van der Waals surface area contributed by atoms with Gasteiger partial charge < -0.3 is 5.11 Å². The van der Waals surface area contributed by atoms with Crippen molar-refractivity contribution in [2.24, 2.45) is 0 Å². The Hall–Kier alpha value is -2.07. The van der Waals surface area contributed by atoms with Gasteiger partial charge in [0.15, 0.2) is 5.25 Å². The Balaban J connectivity index is 2.73. The molecule has 0 amide bonds. The van der Waals surface area contributed by atoms with E-state index in [-0.39, 0.29) is 6.42 Å². The molecule has 0 aromatic heterocycles. The van der Waals surface area contributed by atoms with Gasteiger partial charge in [-0.25, -0.2) is 8.42 Å². The van der Waals surface area contributed by atoms with Crippen LogP contribution in [0, 0.1) is 11.3 Å². The van der Waals surface area contributed by atoms with Crippen LogP contribution in [0.3, 0.4) is 0 Å². The number of benzene rings is 1. The number of anilines is 1. The number of rotatable bonds is 6. The third-order valence-electron chi connectivity index (χ3n) is 2.49. The lowest BCUT2D eigenvalue weighted by Gasteiger charge is -2.09. The zero-order chi connectivity index (χ0) is 14.5. The van der Waals surface area contributed by atoms with Gasteiger partial charge in [-0.15, -0.1) is 0 Å². The molecule has 0 radical (unpaired) electrons. The minimum absolute atomic E-state index is 0.0243. The van der Waals surface area contributed by atoms with E-state index in [0.29, 0.717) is 12.1 Å². The second-order valence-corrected chi connectivity index (χ2v) is 6.01. The summed E-state index contributed by atoms with van der Waals surface area (Å²) in [6.07, 6.45) is 0.410. The molecule has 0 fully saturated rings. The minimum Gasteiger partial charge on any atom is -0.481 e. The van der Waals surface area contributed by atoms with Crippen LogP contribution in [0.15, 0.2) is 24.3 Å². The van der Waals surface area contributed by atoms with Crippen LogP contribution in [0.2, 0.25) is 0 Å². The normalized spacial score (nSPS) is 12.4. The number of sulfonamides is 1. The van der Waals surface area contributed by atoms with Crippen molar-refractivity contribution in [3.8, 4) is 6.07 Å². The number of carboxylic acids is 1. The molecule has 1 rings (SSSR count). The first-order chi connectivity index (χ1) is 8.85. The monoisotopic (exact) mass is 282 g/mol. The molecule has 0 saturated carbocycles. The molecule has 2 N–H and O–H groups in total. The fourth-order valence-corrected chi connectivity index (χ4v) is 2.09. The van der Waals surface area contributed by atoms with Crippen LogP contribution in [-0.4, -0.2) is 24.7 Å². The lowest BCUT2D eigenvalue weighted by molar-refractivity contribution is -0.136. The smallest absolute Gasteiger partial charge is 0.303 e. The zero-order valence-electron chi connectivity index (χ0n) is 10.3. The fraction of sp³-hybridized carbons (Fsp3) is 0.333. The number of carbonyl (C=O) groups is 1. The van der Waals surface area contributed by atoms with Crippen LogP contribution in [0.4, 0.5) is 5.69 Å². The number of hydrogen-bond donors (Lipinski definition) is 2. The van der Waals surface area contributed by atoms with Crippen LogP contribution < -0.4 is 4.72 Å². The summed E-state index contributed by atoms with van der Waals surface area (Å²) in [6, 6.07) is 8.04. The number of aliphatic carboxylic acids is 1. The van der Waals surface area contributed by atoms with Crippen LogP contribution in [-0.2, 0) is 21.2 Å². The maximum Gasteiger partial charge on any atom is 0.303 e. The van der Waals surface area contributed by atoms with E-state index in [2.05, 4.69) is 4.72 Å². The molecule has 6 nitrogen and oxygen atoms in total. The molecule has 0 aliphatic heterocycles. The van der Waals surface area contributed by atoms with Gasteiger partial charge in [0.25, 0.3) is 0 Å². The Morgan fingerprint density at radius 3 is 2.47 bits per heavy atom. The van der Waals surface area contributed by atoms with Gasteiger partial charge in [0.1, 0.15) is 0 Å². The van der Waals surface area contributed by atoms with E-state index in [0.717, 1.165) is 5.56 Å². The third-order valence-corrected chi connectivity index (χ3v) is 4.05. The summed E-state index contributed by atoms with van der Waals surface area (Å²) >= 11 is 0. The van der Waals surface area contributed by atoms with E-state index in [1.807, 2.05) is 0 Å². The first-order valence-corrected chi connectivity index (χ1v) is 7.12. The SMILES string of the molecule is CC(C#N)S(=O)(=O)Nc1ccc(CCC(=O)O)cc1. The molecule has 1 unspecified atom stereocenters. The molecule has 0 aliphatic carbocycles. The quantitative estimate of drug-likeness (QED) is 0.819. The van der Waals surface area contributed by atoms with Crippen LogP contribution in [0.5, 0.6) is 0 Å². The number of nitrogens with one attached hydrogen (secondary N) is 1. The van der Waals surface area contributed by atoms with Gasteiger partial charge in [-0.05, 0) is 31.0 Å². The van der Waals surface area contributed by atoms with E-state index in [1.165, 1.54) is 6.92 Å². The third kappa shape index (κ3) is 4.60. The van der Waals surface area contributed by atoms with Crippen LogP contribution in [0.1, 0.15) is 18.9 Å². The first-order valence-electron chi connectivity index (χ1n) is 5.57. The first kappa shape index (κ1) is 15.0. The van der Waals surface area contributed by atoms with E-state index >= 15 is 0 Å². The Morgan fingerprint density at radius 1 is 1.42 bits per heavy atom. The van der Waals surface area contributed by atoms with Crippen molar-refractivity contribution < 1.29 is 18.3 Å². The average molecular weight is 282 g/mol.